The van der Waals surface area contributed by atoms with Crippen LogP contribution in [0.25, 0.3) is 0 Å². The van der Waals surface area contributed by atoms with Crippen LogP contribution in [-0.2, 0) is 14.8 Å². The molecular formula is C22H27FN2O3S. The van der Waals surface area contributed by atoms with E-state index < -0.39 is 15.8 Å². The zero-order valence-corrected chi connectivity index (χ0v) is 17.4. The highest BCUT2D eigenvalue weighted by Gasteiger charge is 2.32. The van der Waals surface area contributed by atoms with Crippen molar-refractivity contribution in [2.24, 2.45) is 5.92 Å². The van der Waals surface area contributed by atoms with Crippen LogP contribution in [0.3, 0.4) is 0 Å². The third-order valence-corrected chi connectivity index (χ3v) is 7.28. The summed E-state index contributed by atoms with van der Waals surface area (Å²) in [6.45, 7) is 2.64. The summed E-state index contributed by atoms with van der Waals surface area (Å²) < 4.78 is 39.9. The van der Waals surface area contributed by atoms with E-state index in [2.05, 4.69) is 12.2 Å². The van der Waals surface area contributed by atoms with E-state index in [4.69, 9.17) is 0 Å². The molecule has 1 atom stereocenters. The van der Waals surface area contributed by atoms with Gasteiger partial charge in [-0.05, 0) is 49.1 Å². The summed E-state index contributed by atoms with van der Waals surface area (Å²) in [7, 11) is -3.67. The van der Waals surface area contributed by atoms with Crippen molar-refractivity contribution in [3.8, 4) is 0 Å². The lowest BCUT2D eigenvalue weighted by atomic mass is 9.95. The van der Waals surface area contributed by atoms with Gasteiger partial charge in [-0.15, -0.1) is 0 Å². The van der Waals surface area contributed by atoms with Gasteiger partial charge in [0.15, 0.2) is 0 Å². The Morgan fingerprint density at radius 2 is 1.72 bits per heavy atom. The number of carbonyl (C=O) groups excluding carboxylic acids is 1. The zero-order chi connectivity index (χ0) is 20.9. The van der Waals surface area contributed by atoms with Crippen molar-refractivity contribution in [1.82, 2.24) is 9.62 Å². The van der Waals surface area contributed by atoms with Gasteiger partial charge in [0.05, 0.1) is 10.9 Å². The van der Waals surface area contributed by atoms with Crippen LogP contribution in [0.4, 0.5) is 4.39 Å². The minimum Gasteiger partial charge on any atom is -0.349 e. The summed E-state index contributed by atoms with van der Waals surface area (Å²) in [6, 6.07) is 14.7. The van der Waals surface area contributed by atoms with E-state index in [1.54, 1.807) is 0 Å². The first kappa shape index (κ1) is 21.5. The molecule has 0 radical (unpaired) electrons. The molecule has 3 rings (SSSR count). The smallest absolute Gasteiger partial charge is 0.243 e. The first-order chi connectivity index (χ1) is 13.9. The van der Waals surface area contributed by atoms with Gasteiger partial charge in [-0.25, -0.2) is 12.8 Å². The fourth-order valence-corrected chi connectivity index (χ4v) is 5.17. The van der Waals surface area contributed by atoms with E-state index in [9.17, 15) is 17.6 Å². The van der Waals surface area contributed by atoms with Crippen molar-refractivity contribution in [2.45, 2.75) is 43.5 Å². The fourth-order valence-electron chi connectivity index (χ4n) is 3.70. The van der Waals surface area contributed by atoms with Crippen molar-refractivity contribution < 1.29 is 17.6 Å². The molecule has 0 spiro atoms. The average molecular weight is 419 g/mol. The molecule has 0 saturated carbocycles. The number of hydrogen-bond acceptors (Lipinski definition) is 3. The average Bonchev–Trinajstić information content (AvgIpc) is 2.74. The van der Waals surface area contributed by atoms with Gasteiger partial charge in [0.2, 0.25) is 15.9 Å². The van der Waals surface area contributed by atoms with Gasteiger partial charge in [-0.1, -0.05) is 43.7 Å². The molecule has 156 valence electrons. The number of amides is 1. The SMILES string of the molecule is CCC[C@H](NC(=O)C1CCN(S(=O)(=O)c2ccc(F)cc2)CC1)c1ccccc1. The minimum atomic E-state index is -3.67. The molecular weight excluding hydrogens is 391 g/mol. The molecule has 1 N–H and O–H groups in total. The Balaban J connectivity index is 1.61. The zero-order valence-electron chi connectivity index (χ0n) is 16.6. The molecule has 0 bridgehead atoms. The van der Waals surface area contributed by atoms with Crippen LogP contribution in [0.5, 0.6) is 0 Å². The monoisotopic (exact) mass is 418 g/mol. The van der Waals surface area contributed by atoms with Gasteiger partial charge in [0.25, 0.3) is 0 Å². The first-order valence-corrected chi connectivity index (χ1v) is 11.5. The molecule has 1 fully saturated rings. The van der Waals surface area contributed by atoms with Gasteiger partial charge in [-0.2, -0.15) is 4.31 Å². The number of rotatable bonds is 7. The maximum Gasteiger partial charge on any atom is 0.243 e. The van der Waals surface area contributed by atoms with Crippen LogP contribution in [0.2, 0.25) is 0 Å². The van der Waals surface area contributed by atoms with Gasteiger partial charge in [-0.3, -0.25) is 4.79 Å². The van der Waals surface area contributed by atoms with Crippen molar-refractivity contribution in [3.63, 3.8) is 0 Å². The molecule has 1 aliphatic rings. The Kier molecular flexibility index (Phi) is 7.03. The van der Waals surface area contributed by atoms with Crippen LogP contribution in [0, 0.1) is 11.7 Å². The number of piperidine rings is 1. The lowest BCUT2D eigenvalue weighted by Gasteiger charge is -2.31. The maximum atomic E-state index is 13.1. The van der Waals surface area contributed by atoms with E-state index in [-0.39, 0.29) is 35.9 Å². The van der Waals surface area contributed by atoms with E-state index in [0.717, 1.165) is 30.5 Å². The lowest BCUT2D eigenvalue weighted by molar-refractivity contribution is -0.127. The van der Waals surface area contributed by atoms with Gasteiger partial charge >= 0.3 is 0 Å². The number of benzene rings is 2. The summed E-state index contributed by atoms with van der Waals surface area (Å²) >= 11 is 0. The first-order valence-electron chi connectivity index (χ1n) is 10.0. The Morgan fingerprint density at radius 3 is 2.31 bits per heavy atom. The molecule has 2 aromatic rings. The van der Waals surface area contributed by atoms with E-state index in [1.165, 1.54) is 16.4 Å². The minimum absolute atomic E-state index is 0.0221. The summed E-state index contributed by atoms with van der Waals surface area (Å²) in [6.07, 6.45) is 2.75. The quantitative estimate of drug-likeness (QED) is 0.742. The van der Waals surface area contributed by atoms with Crippen molar-refractivity contribution in [2.75, 3.05) is 13.1 Å². The highest BCUT2D eigenvalue weighted by atomic mass is 32.2. The second-order valence-corrected chi connectivity index (χ2v) is 9.33. The molecule has 1 aliphatic heterocycles. The van der Waals surface area contributed by atoms with Crippen molar-refractivity contribution in [1.29, 1.82) is 0 Å². The van der Waals surface area contributed by atoms with Crippen LogP contribution >= 0.6 is 0 Å². The second-order valence-electron chi connectivity index (χ2n) is 7.39. The molecule has 1 saturated heterocycles. The summed E-state index contributed by atoms with van der Waals surface area (Å²) in [4.78, 5) is 12.9. The Labute approximate surface area is 172 Å². The Morgan fingerprint density at radius 1 is 1.10 bits per heavy atom. The van der Waals surface area contributed by atoms with Gasteiger partial charge in [0.1, 0.15) is 5.82 Å². The molecule has 0 aliphatic carbocycles. The lowest BCUT2D eigenvalue weighted by Crippen LogP contribution is -2.43. The standard InChI is InChI=1S/C22H27FN2O3S/c1-2-6-21(17-7-4-3-5-8-17)24-22(26)18-13-15-25(16-14-18)29(27,28)20-11-9-19(23)10-12-20/h3-5,7-12,18,21H,2,6,13-16H2,1H3,(H,24,26)/t21-/m0/s1. The molecule has 1 amide bonds. The van der Waals surface area contributed by atoms with E-state index in [1.807, 2.05) is 30.3 Å². The number of hydrogen-bond donors (Lipinski definition) is 1. The number of sulfonamides is 1. The van der Waals surface area contributed by atoms with Crippen LogP contribution in [0.1, 0.15) is 44.2 Å². The molecule has 0 unspecified atom stereocenters. The summed E-state index contributed by atoms with van der Waals surface area (Å²) in [5.74, 6) is -0.705. The highest BCUT2D eigenvalue weighted by Crippen LogP contribution is 2.26. The van der Waals surface area contributed by atoms with Crippen molar-refractivity contribution >= 4 is 15.9 Å². The molecule has 29 heavy (non-hydrogen) atoms. The van der Waals surface area contributed by atoms with Gasteiger partial charge in [0, 0.05) is 19.0 Å². The number of nitrogens with zero attached hydrogens (tertiary/aromatic N) is 1. The molecule has 0 aromatic heterocycles. The summed E-state index contributed by atoms with van der Waals surface area (Å²) in [5, 5.41) is 3.15. The summed E-state index contributed by atoms with van der Waals surface area (Å²) in [5.41, 5.74) is 1.08. The third kappa shape index (κ3) is 5.22. The topological polar surface area (TPSA) is 66.5 Å². The van der Waals surface area contributed by atoms with Crippen LogP contribution in [-0.4, -0.2) is 31.7 Å². The predicted molar refractivity (Wildman–Crippen MR) is 110 cm³/mol. The van der Waals surface area contributed by atoms with Crippen LogP contribution < -0.4 is 5.32 Å². The molecule has 5 nitrogen and oxygen atoms in total. The second kappa shape index (κ2) is 9.50. The normalized spacial score (nSPS) is 17.0. The Bertz CT molecular complexity index is 909. The van der Waals surface area contributed by atoms with Crippen molar-refractivity contribution in [3.05, 3.63) is 66.0 Å². The highest BCUT2D eigenvalue weighted by molar-refractivity contribution is 7.89. The largest absolute Gasteiger partial charge is 0.349 e. The molecule has 7 heteroatoms. The van der Waals surface area contributed by atoms with Crippen LogP contribution in [0.15, 0.2) is 59.5 Å². The fraction of sp³-hybridized carbons (Fsp3) is 0.409. The third-order valence-electron chi connectivity index (χ3n) is 5.37. The molecule has 2 aromatic carbocycles. The van der Waals surface area contributed by atoms with E-state index >= 15 is 0 Å². The predicted octanol–water partition coefficient (Wildman–Crippen LogP) is 3.88. The number of nitrogens with one attached hydrogen (secondary N) is 1. The molecule has 1 heterocycles. The number of carbonyl (C=O) groups is 1. The Hall–Kier alpha value is -2.25. The van der Waals surface area contributed by atoms with E-state index in [0.29, 0.717) is 12.8 Å². The maximum absolute atomic E-state index is 13.1. The van der Waals surface area contributed by atoms with Gasteiger partial charge < -0.3 is 5.32 Å². The number of halogens is 1.